The van der Waals surface area contributed by atoms with Crippen LogP contribution < -0.4 is 20.1 Å². The van der Waals surface area contributed by atoms with E-state index in [0.29, 0.717) is 11.7 Å². The number of rotatable bonds is 8. The molecular formula is C27H43N5O3. The quantitative estimate of drug-likeness (QED) is 0.399. The summed E-state index contributed by atoms with van der Waals surface area (Å²) in [4.78, 5) is 13.5. The number of aromatic nitrogens is 3. The zero-order valence-electron chi connectivity index (χ0n) is 22.9. The molecule has 0 atom stereocenters. The van der Waals surface area contributed by atoms with E-state index in [-0.39, 0.29) is 40.4 Å². The third-order valence-electron chi connectivity index (χ3n) is 6.12. The number of aryl methyl sites for hydroxylation is 1. The maximum atomic E-state index is 10.6. The molecule has 3 N–H and O–H groups in total. The Morgan fingerprint density at radius 2 is 1.69 bits per heavy atom. The average Bonchev–Trinajstić information content (AvgIpc) is 2.67. The molecule has 2 aromatic rings. The molecule has 0 bridgehead atoms. The molecule has 0 spiro atoms. The largest absolute Gasteiger partial charge is 0.507 e. The number of anilines is 1. The lowest BCUT2D eigenvalue weighted by Crippen LogP contribution is -2.60. The zero-order chi connectivity index (χ0) is 26.0. The fourth-order valence-corrected chi connectivity index (χ4v) is 4.84. The van der Waals surface area contributed by atoms with Crippen LogP contribution in [-0.4, -0.2) is 43.8 Å². The van der Waals surface area contributed by atoms with Gasteiger partial charge in [-0.05, 0) is 64.2 Å². The van der Waals surface area contributed by atoms with Gasteiger partial charge in [-0.25, -0.2) is 0 Å². The lowest BCUT2D eigenvalue weighted by atomic mass is 9.81. The Hall–Kier alpha value is -2.61. The minimum Gasteiger partial charge on any atom is -0.507 e. The number of piperidine rings is 1. The molecule has 0 radical (unpaired) electrons. The van der Waals surface area contributed by atoms with Gasteiger partial charge in [0.1, 0.15) is 17.6 Å². The summed E-state index contributed by atoms with van der Waals surface area (Å²) in [5.41, 5.74) is 1.17. The van der Waals surface area contributed by atoms with Gasteiger partial charge in [0.25, 0.3) is 0 Å². The van der Waals surface area contributed by atoms with Gasteiger partial charge in [-0.3, -0.25) is 0 Å². The highest BCUT2D eigenvalue weighted by Crippen LogP contribution is 2.37. The highest BCUT2D eigenvalue weighted by Gasteiger charge is 2.39. The summed E-state index contributed by atoms with van der Waals surface area (Å²) in [5.74, 6) is 1.27. The Morgan fingerprint density at radius 1 is 1.06 bits per heavy atom. The Balaban J connectivity index is 1.91. The number of benzene rings is 1. The van der Waals surface area contributed by atoms with E-state index in [2.05, 4.69) is 81.0 Å². The number of aromatic hydroxyl groups is 1. The molecule has 1 aliphatic rings. The van der Waals surface area contributed by atoms with E-state index in [4.69, 9.17) is 9.47 Å². The predicted molar refractivity (Wildman–Crippen MR) is 140 cm³/mol. The first-order valence-corrected chi connectivity index (χ1v) is 12.7. The normalized spacial score (nSPS) is 17.7. The first-order chi connectivity index (χ1) is 16.2. The summed E-state index contributed by atoms with van der Waals surface area (Å²) >= 11 is 0. The van der Waals surface area contributed by atoms with Crippen molar-refractivity contribution in [2.45, 2.75) is 111 Å². The highest BCUT2D eigenvalue weighted by atomic mass is 16.5. The minimum absolute atomic E-state index is 0.0385. The van der Waals surface area contributed by atoms with Crippen molar-refractivity contribution in [2.75, 3.05) is 11.9 Å². The average molecular weight is 486 g/mol. The van der Waals surface area contributed by atoms with Gasteiger partial charge >= 0.3 is 12.0 Å². The number of unbranched alkanes of at least 4 members (excludes halogenated alkanes) is 1. The summed E-state index contributed by atoms with van der Waals surface area (Å²) in [6, 6.07) is 4.04. The van der Waals surface area contributed by atoms with Crippen molar-refractivity contribution in [1.29, 1.82) is 0 Å². The van der Waals surface area contributed by atoms with Crippen molar-refractivity contribution < 1.29 is 14.6 Å². The van der Waals surface area contributed by atoms with Gasteiger partial charge in [0.15, 0.2) is 0 Å². The van der Waals surface area contributed by atoms with Crippen molar-refractivity contribution in [2.24, 2.45) is 0 Å². The second-order valence-electron chi connectivity index (χ2n) is 12.0. The van der Waals surface area contributed by atoms with Crippen molar-refractivity contribution in [3.63, 3.8) is 0 Å². The van der Waals surface area contributed by atoms with Gasteiger partial charge in [-0.2, -0.15) is 9.97 Å². The molecule has 1 fully saturated rings. The van der Waals surface area contributed by atoms with Crippen LogP contribution in [0.25, 0.3) is 0 Å². The summed E-state index contributed by atoms with van der Waals surface area (Å²) in [6.45, 7) is 19.6. The number of ether oxygens (including phenoxy) is 2. The number of hydrogen-bond acceptors (Lipinski definition) is 8. The number of nitrogens with one attached hydrogen (secondary N) is 2. The summed E-state index contributed by atoms with van der Waals surface area (Å²) in [5, 5.41) is 17.5. The molecule has 2 heterocycles. The zero-order valence-corrected chi connectivity index (χ0v) is 22.9. The van der Waals surface area contributed by atoms with Crippen LogP contribution in [0.15, 0.2) is 12.1 Å². The van der Waals surface area contributed by atoms with E-state index < -0.39 is 0 Å². The van der Waals surface area contributed by atoms with E-state index in [0.717, 1.165) is 43.4 Å². The minimum atomic E-state index is -0.247. The summed E-state index contributed by atoms with van der Waals surface area (Å²) in [6.07, 6.45) is 3.70. The molecule has 8 heteroatoms. The Labute approximate surface area is 210 Å². The van der Waals surface area contributed by atoms with Crippen LogP contribution in [0.4, 0.5) is 5.95 Å². The molecule has 1 aromatic heterocycles. The van der Waals surface area contributed by atoms with Crippen LogP contribution in [0.3, 0.4) is 0 Å². The van der Waals surface area contributed by atoms with Crippen LogP contribution in [0.2, 0.25) is 0 Å². The number of hydrogen-bond donors (Lipinski definition) is 3. The van der Waals surface area contributed by atoms with Crippen molar-refractivity contribution in [3.05, 3.63) is 23.3 Å². The summed E-state index contributed by atoms with van der Waals surface area (Å²) in [7, 11) is 0. The standard InChI is InChI=1S/C27H43N5O3/c1-10-11-12-28-22-29-23(34-18-13-17(2)21(33)20(14-18)25(3,4)5)31-24(30-22)35-19-15-26(6,7)32-27(8,9)16-19/h13-14,19,32-33H,10-12,15-16H2,1-9H3,(H,28,29,30,31). The van der Waals surface area contributed by atoms with Gasteiger partial charge in [-0.1, -0.05) is 34.1 Å². The molecule has 0 saturated carbocycles. The predicted octanol–water partition coefficient (Wildman–Crippen LogP) is 5.88. The van der Waals surface area contributed by atoms with E-state index in [1.54, 1.807) is 6.07 Å². The molecule has 0 amide bonds. The lowest BCUT2D eigenvalue weighted by molar-refractivity contribution is 0.0494. The molecule has 194 valence electrons. The SMILES string of the molecule is CCCCNc1nc(Oc2cc(C)c(O)c(C(C)(C)C)c2)nc(OC2CC(C)(C)NC(C)(C)C2)n1. The topological polar surface area (TPSA) is 101 Å². The smallest absolute Gasteiger partial charge is 0.330 e. The second-order valence-corrected chi connectivity index (χ2v) is 12.0. The van der Waals surface area contributed by atoms with Crippen LogP contribution in [-0.2, 0) is 5.41 Å². The third-order valence-corrected chi connectivity index (χ3v) is 6.12. The monoisotopic (exact) mass is 485 g/mol. The molecule has 0 aliphatic carbocycles. The maximum absolute atomic E-state index is 10.6. The van der Waals surface area contributed by atoms with Crippen LogP contribution in [0.5, 0.6) is 23.5 Å². The maximum Gasteiger partial charge on any atom is 0.330 e. The fourth-order valence-electron chi connectivity index (χ4n) is 4.84. The number of nitrogens with zero attached hydrogens (tertiary/aromatic N) is 3. The Bertz CT molecular complexity index is 1010. The molecule has 0 unspecified atom stereocenters. The molecule has 1 aromatic carbocycles. The van der Waals surface area contributed by atoms with E-state index in [9.17, 15) is 5.11 Å². The second kappa shape index (κ2) is 10.2. The lowest BCUT2D eigenvalue weighted by Gasteiger charge is -2.45. The first-order valence-electron chi connectivity index (χ1n) is 12.7. The molecule has 1 aliphatic heterocycles. The number of phenolic OH excluding ortho intramolecular Hbond substituents is 1. The van der Waals surface area contributed by atoms with Crippen LogP contribution in [0, 0.1) is 6.92 Å². The summed E-state index contributed by atoms with van der Waals surface area (Å²) < 4.78 is 12.4. The molecular weight excluding hydrogens is 442 g/mol. The van der Waals surface area contributed by atoms with Gasteiger partial charge < -0.3 is 25.2 Å². The van der Waals surface area contributed by atoms with Gasteiger partial charge in [0.2, 0.25) is 5.95 Å². The van der Waals surface area contributed by atoms with Crippen molar-refractivity contribution in [1.82, 2.24) is 20.3 Å². The van der Waals surface area contributed by atoms with Gasteiger partial charge in [0.05, 0.1) is 0 Å². The fraction of sp³-hybridized carbons (Fsp3) is 0.667. The van der Waals surface area contributed by atoms with Gasteiger partial charge in [0, 0.05) is 36.0 Å². The highest BCUT2D eigenvalue weighted by molar-refractivity contribution is 5.49. The Morgan fingerprint density at radius 3 is 2.29 bits per heavy atom. The van der Waals surface area contributed by atoms with E-state index >= 15 is 0 Å². The van der Waals surface area contributed by atoms with Crippen LogP contribution in [0.1, 0.15) is 92.2 Å². The van der Waals surface area contributed by atoms with Gasteiger partial charge in [-0.15, -0.1) is 4.98 Å². The van der Waals surface area contributed by atoms with Crippen LogP contribution >= 0.6 is 0 Å². The van der Waals surface area contributed by atoms with Crippen molar-refractivity contribution >= 4 is 5.95 Å². The Kier molecular flexibility index (Phi) is 7.84. The van der Waals surface area contributed by atoms with E-state index in [1.165, 1.54) is 0 Å². The van der Waals surface area contributed by atoms with Crippen molar-refractivity contribution in [3.8, 4) is 23.5 Å². The van der Waals surface area contributed by atoms with E-state index in [1.807, 2.05) is 13.0 Å². The molecule has 35 heavy (non-hydrogen) atoms. The number of phenols is 1. The molecule has 1 saturated heterocycles. The molecule has 8 nitrogen and oxygen atoms in total. The molecule has 3 rings (SSSR count). The third kappa shape index (κ3) is 7.43. The first kappa shape index (κ1) is 27.0.